The van der Waals surface area contributed by atoms with Crippen LogP contribution in [0.5, 0.6) is 0 Å². The molecule has 2 amide bonds. The van der Waals surface area contributed by atoms with Crippen molar-refractivity contribution in [2.45, 2.75) is 193 Å². The number of amides is 2. The molecule has 0 spiro atoms. The number of quaternary nitrogens is 1. The van der Waals surface area contributed by atoms with Gasteiger partial charge in [-0.1, -0.05) is 133 Å². The number of allylic oxidation sites excluding steroid dienone is 8. The fourth-order valence-electron chi connectivity index (χ4n) is 6.97. The van der Waals surface area contributed by atoms with Crippen molar-refractivity contribution in [3.8, 4) is 0 Å². The highest BCUT2D eigenvalue weighted by Crippen LogP contribution is 2.22. The summed E-state index contributed by atoms with van der Waals surface area (Å²) in [5.41, 5.74) is 0. The number of hydrogen-bond donors (Lipinski definition) is 3. The molecular weight excluding hydrogens is 687 g/mol. The fourth-order valence-corrected chi connectivity index (χ4v) is 6.97. The third-order valence-electron chi connectivity index (χ3n) is 10.5. The third-order valence-corrected chi connectivity index (χ3v) is 10.5. The Balaban J connectivity index is 2.38. The van der Waals surface area contributed by atoms with Gasteiger partial charge in [0.2, 0.25) is 11.8 Å². The lowest BCUT2D eigenvalue weighted by Crippen LogP contribution is -3.09. The van der Waals surface area contributed by atoms with Crippen molar-refractivity contribution < 1.29 is 29.1 Å². The first-order valence-corrected chi connectivity index (χ1v) is 22.7. The normalized spacial score (nSPS) is 16.7. The number of nitrogens with zero attached hydrogens (tertiary/aromatic N) is 1. The number of nitrogens with one attached hydrogen (secondary N) is 2. The van der Waals surface area contributed by atoms with Crippen LogP contribution in [0.3, 0.4) is 0 Å². The number of aliphatic hydroxyl groups excluding tert-OH is 1. The maximum atomic E-state index is 13.4. The van der Waals surface area contributed by atoms with Gasteiger partial charge in [-0.3, -0.25) is 9.59 Å². The first-order valence-electron chi connectivity index (χ1n) is 22.7. The highest BCUT2D eigenvalue weighted by atomic mass is 16.5. The van der Waals surface area contributed by atoms with Crippen molar-refractivity contribution in [2.75, 3.05) is 39.9 Å². The summed E-state index contributed by atoms with van der Waals surface area (Å²) in [5.74, 6) is -0.455. The number of rotatable bonds is 36. The molecule has 0 radical (unpaired) electrons. The summed E-state index contributed by atoms with van der Waals surface area (Å²) < 4.78 is 5.72. The van der Waals surface area contributed by atoms with E-state index in [9.17, 15) is 14.4 Å². The molecule has 1 aliphatic heterocycles. The number of unbranched alkanes of at least 4 members (excludes halogenated alkanes) is 17. The van der Waals surface area contributed by atoms with Crippen LogP contribution in [0.2, 0.25) is 0 Å². The molecule has 0 aliphatic carbocycles. The summed E-state index contributed by atoms with van der Waals surface area (Å²) in [6.07, 6.45) is 45.7. The molecule has 1 aliphatic rings. The van der Waals surface area contributed by atoms with Gasteiger partial charge in [0.05, 0.1) is 33.2 Å². The Labute approximate surface area is 337 Å². The minimum atomic E-state index is -0.650. The standard InChI is InChI=1S/C47H83N3O5/c1-4-6-8-10-12-14-16-18-20-22-24-26-28-30-32-34-40-55-47(54)44-41-43(48-45(52)36-37-49(3)38-39-51)42-50(44)46(53)35-33-31-29-27-25-23-21-19-17-15-13-11-9-7-5-2/h12-15,18-21,43-44,51H,4-11,16-17,22-42H2,1-3H3,(H,48,52)/p+1/b14-12-,15-13-,20-18-,21-19-. The predicted molar refractivity (Wildman–Crippen MR) is 230 cm³/mol. The van der Waals surface area contributed by atoms with Crippen LogP contribution in [0, 0.1) is 0 Å². The van der Waals surface area contributed by atoms with Crippen LogP contribution in [0.25, 0.3) is 0 Å². The largest absolute Gasteiger partial charge is 0.464 e. The van der Waals surface area contributed by atoms with Crippen LogP contribution in [0.4, 0.5) is 0 Å². The van der Waals surface area contributed by atoms with Crippen molar-refractivity contribution in [1.82, 2.24) is 10.2 Å². The summed E-state index contributed by atoms with van der Waals surface area (Å²) in [6, 6.07) is -0.915. The van der Waals surface area contributed by atoms with Crippen molar-refractivity contribution in [3.63, 3.8) is 0 Å². The van der Waals surface area contributed by atoms with E-state index in [0.29, 0.717) is 45.5 Å². The van der Waals surface area contributed by atoms with Crippen LogP contribution >= 0.6 is 0 Å². The second-order valence-electron chi connectivity index (χ2n) is 15.7. The van der Waals surface area contributed by atoms with Crippen molar-refractivity contribution >= 4 is 17.8 Å². The third kappa shape index (κ3) is 29.2. The molecule has 3 N–H and O–H groups in total. The van der Waals surface area contributed by atoms with Gasteiger partial charge in [-0.25, -0.2) is 4.79 Å². The number of likely N-dealkylation sites (N-methyl/N-ethyl adjacent to an activating group) is 1. The van der Waals surface area contributed by atoms with Gasteiger partial charge in [0, 0.05) is 25.4 Å². The topological polar surface area (TPSA) is 100 Å². The zero-order valence-corrected chi connectivity index (χ0v) is 35.7. The lowest BCUT2D eigenvalue weighted by atomic mass is 10.1. The van der Waals surface area contributed by atoms with Crippen molar-refractivity contribution in [2.24, 2.45) is 0 Å². The molecule has 1 rings (SSSR count). The van der Waals surface area contributed by atoms with Gasteiger partial charge in [0.25, 0.3) is 0 Å². The van der Waals surface area contributed by atoms with E-state index >= 15 is 0 Å². The molecule has 0 bridgehead atoms. The number of carbonyl (C=O) groups is 3. The molecule has 0 aromatic carbocycles. The van der Waals surface area contributed by atoms with E-state index in [1.807, 2.05) is 7.05 Å². The second kappa shape index (κ2) is 36.9. The van der Waals surface area contributed by atoms with Crippen LogP contribution < -0.4 is 10.2 Å². The molecule has 8 heteroatoms. The molecule has 0 aromatic heterocycles. The lowest BCUT2D eigenvalue weighted by Gasteiger charge is -2.23. The number of likely N-dealkylation sites (tertiary alicyclic amines) is 1. The molecule has 55 heavy (non-hydrogen) atoms. The first kappa shape index (κ1) is 50.3. The van der Waals surface area contributed by atoms with Gasteiger partial charge in [-0.2, -0.15) is 0 Å². The smallest absolute Gasteiger partial charge is 0.328 e. The van der Waals surface area contributed by atoms with Crippen LogP contribution in [-0.4, -0.2) is 79.8 Å². The zero-order valence-electron chi connectivity index (χ0n) is 35.7. The van der Waals surface area contributed by atoms with Gasteiger partial charge < -0.3 is 25.0 Å². The Hall–Kier alpha value is -2.71. The van der Waals surface area contributed by atoms with E-state index in [0.717, 1.165) is 75.5 Å². The lowest BCUT2D eigenvalue weighted by molar-refractivity contribution is -0.879. The molecule has 3 unspecified atom stereocenters. The number of esters is 1. The van der Waals surface area contributed by atoms with Gasteiger partial charge in [-0.05, 0) is 77.0 Å². The van der Waals surface area contributed by atoms with Crippen molar-refractivity contribution in [1.29, 1.82) is 0 Å². The summed E-state index contributed by atoms with van der Waals surface area (Å²) in [5, 5.41) is 12.2. The zero-order chi connectivity index (χ0) is 40.0. The molecular formula is C47H84N3O5+. The molecule has 0 saturated carbocycles. The number of carbonyl (C=O) groups excluding carboxylic acids is 3. The molecule has 1 heterocycles. The monoisotopic (exact) mass is 771 g/mol. The molecule has 1 saturated heterocycles. The summed E-state index contributed by atoms with van der Waals surface area (Å²) in [4.78, 5) is 42.1. The highest BCUT2D eigenvalue weighted by molar-refractivity contribution is 5.86. The predicted octanol–water partition coefficient (Wildman–Crippen LogP) is 9.14. The van der Waals surface area contributed by atoms with E-state index in [2.05, 4.69) is 67.8 Å². The Morgan fingerprint density at radius 3 is 1.67 bits per heavy atom. The highest BCUT2D eigenvalue weighted by Gasteiger charge is 2.40. The SMILES string of the molecule is CCCCC/C=C\C/C=C\CCCCCCCCOC(=O)C1CC(NC(=O)CC[NH+](C)CCO)CN1C(=O)CCCCCCC/C=C\C/C=C\CCCCC. The molecule has 3 atom stereocenters. The number of aliphatic hydroxyl groups is 1. The van der Waals surface area contributed by atoms with Crippen LogP contribution in [0.1, 0.15) is 181 Å². The minimum absolute atomic E-state index is 0.0229. The average Bonchev–Trinajstić information content (AvgIpc) is 3.60. The van der Waals surface area contributed by atoms with Gasteiger partial charge in [0.1, 0.15) is 12.6 Å². The Morgan fingerprint density at radius 1 is 0.655 bits per heavy atom. The van der Waals surface area contributed by atoms with Gasteiger partial charge >= 0.3 is 5.97 Å². The second-order valence-corrected chi connectivity index (χ2v) is 15.7. The minimum Gasteiger partial charge on any atom is -0.464 e. The van der Waals surface area contributed by atoms with Crippen molar-refractivity contribution in [3.05, 3.63) is 48.6 Å². The average molecular weight is 771 g/mol. The molecule has 316 valence electrons. The Kier molecular flexibility index (Phi) is 33.8. The molecule has 1 fully saturated rings. The Morgan fingerprint density at radius 2 is 1.15 bits per heavy atom. The van der Waals surface area contributed by atoms with E-state index in [1.54, 1.807) is 4.90 Å². The molecule has 0 aromatic rings. The first-order chi connectivity index (χ1) is 26.9. The summed E-state index contributed by atoms with van der Waals surface area (Å²) >= 11 is 0. The van der Waals surface area contributed by atoms with Crippen LogP contribution in [-0.2, 0) is 19.1 Å². The fraction of sp³-hybridized carbons (Fsp3) is 0.766. The Bertz CT molecular complexity index is 1070. The van der Waals surface area contributed by atoms with E-state index in [4.69, 9.17) is 9.84 Å². The maximum Gasteiger partial charge on any atom is 0.328 e. The maximum absolute atomic E-state index is 13.4. The summed E-state index contributed by atoms with van der Waals surface area (Å²) in [7, 11) is 1.95. The number of hydrogen-bond acceptors (Lipinski definition) is 5. The van der Waals surface area contributed by atoms with Gasteiger partial charge in [-0.15, -0.1) is 0 Å². The van der Waals surface area contributed by atoms with E-state index in [1.165, 1.54) is 77.0 Å². The summed E-state index contributed by atoms with van der Waals surface area (Å²) in [6.45, 7) is 6.48. The van der Waals surface area contributed by atoms with E-state index in [-0.39, 0.29) is 30.4 Å². The van der Waals surface area contributed by atoms with E-state index < -0.39 is 6.04 Å². The number of ether oxygens (including phenoxy) is 1. The quantitative estimate of drug-likeness (QED) is 0.0336. The van der Waals surface area contributed by atoms with Gasteiger partial charge in [0.15, 0.2) is 0 Å². The van der Waals surface area contributed by atoms with Crippen LogP contribution in [0.15, 0.2) is 48.6 Å². The molecule has 8 nitrogen and oxygen atoms in total.